The van der Waals surface area contributed by atoms with Crippen molar-refractivity contribution in [3.8, 4) is 0 Å². The molecule has 0 unspecified atom stereocenters. The van der Waals surface area contributed by atoms with E-state index < -0.39 is 10.4 Å². The average molecular weight is 228 g/mol. The summed E-state index contributed by atoms with van der Waals surface area (Å²) in [5.41, 5.74) is 0. The molecule has 0 rings (SSSR count). The van der Waals surface area contributed by atoms with Gasteiger partial charge in [0.2, 0.25) is 0 Å². The highest BCUT2D eigenvalue weighted by atomic mass is 32.3. The summed E-state index contributed by atoms with van der Waals surface area (Å²) in [5, 5.41) is 0. The first kappa shape index (κ1) is 13.8. The molecule has 0 saturated heterocycles. The summed E-state index contributed by atoms with van der Waals surface area (Å²) in [6.45, 7) is 1.55. The van der Waals surface area contributed by atoms with Crippen LogP contribution in [0.4, 0.5) is 0 Å². The lowest BCUT2D eigenvalue weighted by Crippen LogP contribution is -2.08. The average Bonchev–Trinajstić information content (AvgIpc) is 2.08. The Kier molecular flexibility index (Phi) is 8.01. The third-order valence-electron chi connectivity index (χ3n) is 1.30. The monoisotopic (exact) mass is 228 g/mol. The molecule has 0 amide bonds. The number of rotatable bonds is 9. The van der Waals surface area contributed by atoms with Crippen LogP contribution in [-0.4, -0.2) is 46.5 Å². The summed E-state index contributed by atoms with van der Waals surface area (Å²) < 4.78 is 42.3. The molecule has 0 aliphatic heterocycles. The van der Waals surface area contributed by atoms with Gasteiger partial charge in [0.05, 0.1) is 6.61 Å². The minimum Gasteiger partial charge on any atom is -0.385 e. The number of ether oxygens (including phenoxy) is 2. The molecule has 0 aliphatic rings. The maximum absolute atomic E-state index is 10.1. The van der Waals surface area contributed by atoms with Crippen molar-refractivity contribution in [1.29, 1.82) is 0 Å². The van der Waals surface area contributed by atoms with Gasteiger partial charge >= 0.3 is 10.4 Å². The molecule has 0 radical (unpaired) electrons. The number of hydrogen-bond donors (Lipinski definition) is 1. The SMILES string of the molecule is COCCCOCCCOS(=O)(=O)O. The highest BCUT2D eigenvalue weighted by Gasteiger charge is 2.02. The van der Waals surface area contributed by atoms with Crippen LogP contribution in [-0.2, 0) is 24.1 Å². The van der Waals surface area contributed by atoms with Crippen molar-refractivity contribution in [3.05, 3.63) is 0 Å². The molecule has 1 N–H and O–H groups in total. The standard InChI is InChI=1S/C7H16O6S/c1-11-4-2-5-12-6-3-7-13-14(8,9)10/h2-7H2,1H3,(H,8,9,10). The second kappa shape index (κ2) is 8.13. The molecule has 0 saturated carbocycles. The molecule has 7 heteroatoms. The van der Waals surface area contributed by atoms with Gasteiger partial charge in [0.25, 0.3) is 0 Å². The van der Waals surface area contributed by atoms with Gasteiger partial charge in [0, 0.05) is 26.9 Å². The van der Waals surface area contributed by atoms with E-state index in [9.17, 15) is 8.42 Å². The van der Waals surface area contributed by atoms with E-state index in [1.165, 1.54) is 0 Å². The van der Waals surface area contributed by atoms with Gasteiger partial charge in [0.1, 0.15) is 0 Å². The molecule has 0 aromatic carbocycles. The van der Waals surface area contributed by atoms with Crippen molar-refractivity contribution >= 4 is 10.4 Å². The summed E-state index contributed by atoms with van der Waals surface area (Å²) >= 11 is 0. The summed E-state index contributed by atoms with van der Waals surface area (Å²) in [4.78, 5) is 0. The van der Waals surface area contributed by atoms with Gasteiger partial charge in [-0.1, -0.05) is 0 Å². The van der Waals surface area contributed by atoms with Crippen LogP contribution in [0.5, 0.6) is 0 Å². The Bertz CT molecular complexity index is 212. The maximum Gasteiger partial charge on any atom is 0.397 e. The largest absolute Gasteiger partial charge is 0.397 e. The van der Waals surface area contributed by atoms with Gasteiger partial charge in [0.15, 0.2) is 0 Å². The lowest BCUT2D eigenvalue weighted by atomic mass is 10.4. The Labute approximate surface area is 84.1 Å². The number of hydrogen-bond acceptors (Lipinski definition) is 5. The normalized spacial score (nSPS) is 11.9. The minimum atomic E-state index is -4.30. The Morgan fingerprint density at radius 1 is 1.07 bits per heavy atom. The van der Waals surface area contributed by atoms with Crippen LogP contribution in [0.3, 0.4) is 0 Å². The Hall–Kier alpha value is -0.210. The van der Waals surface area contributed by atoms with Gasteiger partial charge in [-0.05, 0) is 12.8 Å². The molecular formula is C7H16O6S. The van der Waals surface area contributed by atoms with E-state index >= 15 is 0 Å². The van der Waals surface area contributed by atoms with Crippen molar-refractivity contribution in [2.75, 3.05) is 33.5 Å². The fourth-order valence-corrected chi connectivity index (χ4v) is 1.06. The zero-order valence-electron chi connectivity index (χ0n) is 8.14. The third kappa shape index (κ3) is 11.8. The van der Waals surface area contributed by atoms with Crippen LogP contribution >= 0.6 is 0 Å². The quantitative estimate of drug-likeness (QED) is 0.450. The Morgan fingerprint density at radius 2 is 1.64 bits per heavy atom. The van der Waals surface area contributed by atoms with Crippen molar-refractivity contribution < 1.29 is 26.6 Å². The molecule has 86 valence electrons. The highest BCUT2D eigenvalue weighted by molar-refractivity contribution is 7.80. The van der Waals surface area contributed by atoms with Gasteiger partial charge in [-0.25, -0.2) is 4.18 Å². The predicted octanol–water partition coefficient (Wildman–Crippen LogP) is 0.249. The fraction of sp³-hybridized carbons (Fsp3) is 1.00. The molecular weight excluding hydrogens is 212 g/mol. The van der Waals surface area contributed by atoms with Crippen LogP contribution in [0.15, 0.2) is 0 Å². The van der Waals surface area contributed by atoms with Crippen LogP contribution in [0, 0.1) is 0 Å². The van der Waals surface area contributed by atoms with Gasteiger partial charge in [-0.3, -0.25) is 4.55 Å². The zero-order chi connectivity index (χ0) is 10.9. The van der Waals surface area contributed by atoms with Gasteiger partial charge in [-0.15, -0.1) is 0 Å². The van der Waals surface area contributed by atoms with E-state index in [1.54, 1.807) is 7.11 Å². The second-order valence-corrected chi connectivity index (χ2v) is 3.65. The number of methoxy groups -OCH3 is 1. The Balaban J connectivity index is 3.07. The molecule has 14 heavy (non-hydrogen) atoms. The van der Waals surface area contributed by atoms with Crippen LogP contribution in [0.1, 0.15) is 12.8 Å². The second-order valence-electron chi connectivity index (χ2n) is 2.56. The van der Waals surface area contributed by atoms with E-state index in [-0.39, 0.29) is 6.61 Å². The molecule has 0 spiro atoms. The molecule has 0 aromatic rings. The topological polar surface area (TPSA) is 82.1 Å². The summed E-state index contributed by atoms with van der Waals surface area (Å²) in [5.74, 6) is 0. The molecule has 0 atom stereocenters. The van der Waals surface area contributed by atoms with Crippen molar-refractivity contribution in [2.45, 2.75) is 12.8 Å². The molecule has 0 aliphatic carbocycles. The fourth-order valence-electron chi connectivity index (χ4n) is 0.733. The molecule has 0 fully saturated rings. The van der Waals surface area contributed by atoms with E-state index in [0.29, 0.717) is 26.2 Å². The molecule has 0 bridgehead atoms. The zero-order valence-corrected chi connectivity index (χ0v) is 8.96. The highest BCUT2D eigenvalue weighted by Crippen LogP contribution is 1.91. The van der Waals surface area contributed by atoms with Crippen molar-refractivity contribution in [1.82, 2.24) is 0 Å². The van der Waals surface area contributed by atoms with E-state index in [2.05, 4.69) is 4.18 Å². The predicted molar refractivity (Wildman–Crippen MR) is 49.4 cm³/mol. The van der Waals surface area contributed by atoms with Gasteiger partial charge in [-0.2, -0.15) is 8.42 Å². The van der Waals surface area contributed by atoms with E-state index in [4.69, 9.17) is 14.0 Å². The smallest absolute Gasteiger partial charge is 0.385 e. The third-order valence-corrected chi connectivity index (χ3v) is 1.77. The maximum atomic E-state index is 10.1. The molecule has 6 nitrogen and oxygen atoms in total. The van der Waals surface area contributed by atoms with Crippen LogP contribution in [0.2, 0.25) is 0 Å². The van der Waals surface area contributed by atoms with Crippen LogP contribution < -0.4 is 0 Å². The van der Waals surface area contributed by atoms with E-state index in [1.807, 2.05) is 0 Å². The Morgan fingerprint density at radius 3 is 2.14 bits per heavy atom. The molecule has 0 aromatic heterocycles. The summed E-state index contributed by atoms with van der Waals surface area (Å²) in [6, 6.07) is 0. The molecule has 0 heterocycles. The first-order chi connectivity index (χ1) is 6.56. The van der Waals surface area contributed by atoms with E-state index in [0.717, 1.165) is 6.42 Å². The minimum absolute atomic E-state index is 0.0664. The first-order valence-electron chi connectivity index (χ1n) is 4.25. The van der Waals surface area contributed by atoms with Crippen molar-refractivity contribution in [2.24, 2.45) is 0 Å². The first-order valence-corrected chi connectivity index (χ1v) is 5.61. The summed E-state index contributed by atoms with van der Waals surface area (Å²) in [6.07, 6.45) is 1.22. The summed E-state index contributed by atoms with van der Waals surface area (Å²) in [7, 11) is -2.69. The van der Waals surface area contributed by atoms with Crippen molar-refractivity contribution in [3.63, 3.8) is 0 Å². The van der Waals surface area contributed by atoms with Gasteiger partial charge < -0.3 is 9.47 Å². The lowest BCUT2D eigenvalue weighted by Gasteiger charge is -2.03. The van der Waals surface area contributed by atoms with Crippen LogP contribution in [0.25, 0.3) is 0 Å². The lowest BCUT2D eigenvalue weighted by molar-refractivity contribution is 0.0935.